The number of ether oxygens (including phenoxy) is 1. The van der Waals surface area contributed by atoms with Crippen LogP contribution in [0.15, 0.2) is 67.0 Å². The highest BCUT2D eigenvalue weighted by Crippen LogP contribution is 2.36. The Morgan fingerprint density at radius 2 is 1.66 bits per heavy atom. The van der Waals surface area contributed by atoms with Gasteiger partial charge in [0.05, 0.1) is 31.0 Å². The number of aliphatic hydroxyl groups excluding tert-OH is 1. The second-order valence-corrected chi connectivity index (χ2v) is 19.5. The maximum absolute atomic E-state index is 15.2. The zero-order valence-electron chi connectivity index (χ0n) is 39.5. The summed E-state index contributed by atoms with van der Waals surface area (Å²) in [4.78, 5) is 74.1. The summed E-state index contributed by atoms with van der Waals surface area (Å²) in [5.74, 6) is 0.546. The van der Waals surface area contributed by atoms with Gasteiger partial charge in [-0.1, -0.05) is 38.1 Å². The van der Waals surface area contributed by atoms with Crippen LogP contribution in [0.5, 0.6) is 5.75 Å². The van der Waals surface area contributed by atoms with E-state index in [4.69, 9.17) is 4.74 Å². The third kappa shape index (κ3) is 10.3. The fourth-order valence-electron chi connectivity index (χ4n) is 10.5. The number of β-amino-alcohol motifs (C(OH)–C–C–N with tert-alkyl or cyclic N) is 1. The third-order valence-corrected chi connectivity index (χ3v) is 14.3. The van der Waals surface area contributed by atoms with Crippen molar-refractivity contribution in [3.63, 3.8) is 0 Å². The van der Waals surface area contributed by atoms with Crippen LogP contribution in [0.25, 0.3) is 33.5 Å². The van der Waals surface area contributed by atoms with Gasteiger partial charge in [0.2, 0.25) is 5.91 Å². The highest BCUT2D eigenvalue weighted by Gasteiger charge is 2.35. The maximum atomic E-state index is 15.2. The summed E-state index contributed by atoms with van der Waals surface area (Å²) < 4.78 is 20.8. The average molecular weight is 928 g/mol. The predicted octanol–water partition coefficient (Wildman–Crippen LogP) is 6.98. The minimum Gasteiger partial charge on any atom is -0.495 e. The van der Waals surface area contributed by atoms with Gasteiger partial charge in [0, 0.05) is 112 Å². The van der Waals surface area contributed by atoms with Gasteiger partial charge in [0.15, 0.2) is 0 Å². The number of carbonyl (C=O) groups excluding carboxylic acids is 4. The molecule has 16 heteroatoms. The number of halogens is 1. The number of Topliss-reactive ketones (excluding diaryl/α,β-unsaturated/α-hetero) is 1. The first kappa shape index (κ1) is 46.9. The molecule has 0 saturated carbocycles. The van der Waals surface area contributed by atoms with E-state index in [0.29, 0.717) is 83.0 Å². The van der Waals surface area contributed by atoms with E-state index in [1.54, 1.807) is 28.0 Å². The molecule has 2 aromatic heterocycles. The van der Waals surface area contributed by atoms with E-state index in [9.17, 15) is 24.3 Å². The van der Waals surface area contributed by atoms with E-state index in [0.717, 1.165) is 75.2 Å². The third-order valence-electron chi connectivity index (χ3n) is 14.3. The van der Waals surface area contributed by atoms with Crippen LogP contribution < -0.4 is 15.0 Å². The number of amides is 4. The molecule has 358 valence electrons. The molecule has 2 unspecified atom stereocenters. The number of hydrogen-bond donors (Lipinski definition) is 3. The first-order chi connectivity index (χ1) is 32.8. The topological polar surface area (TPSA) is 168 Å². The lowest BCUT2D eigenvalue weighted by Crippen LogP contribution is -2.48. The number of rotatable bonds is 12. The quantitative estimate of drug-likeness (QED) is 0.111. The Hall–Kier alpha value is -6.23. The number of urea groups is 1. The second kappa shape index (κ2) is 20.2. The first-order valence-electron chi connectivity index (χ1n) is 24.0. The Labute approximate surface area is 396 Å². The number of hydrogen-bond acceptors (Lipinski definition) is 10. The van der Waals surface area contributed by atoms with Gasteiger partial charge < -0.3 is 39.7 Å². The van der Waals surface area contributed by atoms with E-state index in [2.05, 4.69) is 68.2 Å². The Morgan fingerprint density at radius 3 is 2.38 bits per heavy atom. The Morgan fingerprint density at radius 1 is 0.912 bits per heavy atom. The minimum atomic E-state index is -0.584. The predicted molar refractivity (Wildman–Crippen MR) is 259 cm³/mol. The number of piperazine rings is 1. The molecule has 6 heterocycles. The number of benzene rings is 3. The molecule has 4 fully saturated rings. The summed E-state index contributed by atoms with van der Waals surface area (Å²) >= 11 is 0. The van der Waals surface area contributed by atoms with Crippen LogP contribution in [-0.2, 0) is 16.1 Å². The molecule has 4 amide bonds. The van der Waals surface area contributed by atoms with Crippen LogP contribution in [-0.4, -0.2) is 142 Å². The van der Waals surface area contributed by atoms with Gasteiger partial charge in [-0.2, -0.15) is 0 Å². The van der Waals surface area contributed by atoms with Gasteiger partial charge in [-0.15, -0.1) is 0 Å². The monoisotopic (exact) mass is 927 g/mol. The zero-order chi connectivity index (χ0) is 47.6. The molecule has 4 aliphatic rings. The largest absolute Gasteiger partial charge is 0.495 e. The van der Waals surface area contributed by atoms with Crippen molar-refractivity contribution >= 4 is 46.0 Å². The van der Waals surface area contributed by atoms with Crippen LogP contribution in [0.3, 0.4) is 0 Å². The van der Waals surface area contributed by atoms with E-state index in [1.165, 1.54) is 31.1 Å². The Balaban J connectivity index is 0.764. The highest BCUT2D eigenvalue weighted by atomic mass is 19.1. The minimum absolute atomic E-state index is 0.0106. The molecule has 68 heavy (non-hydrogen) atoms. The molecule has 9 rings (SSSR count). The summed E-state index contributed by atoms with van der Waals surface area (Å²) in [6.07, 6.45) is 3.74. The van der Waals surface area contributed by atoms with Gasteiger partial charge in [-0.25, -0.2) is 19.2 Å². The fourth-order valence-corrected chi connectivity index (χ4v) is 10.5. The molecule has 2 atom stereocenters. The summed E-state index contributed by atoms with van der Waals surface area (Å²) in [5, 5.41) is 14.2. The standard InChI is InChI=1S/C52H62FN9O6/c1-32(2)21-38-29-61(30-46(38)64)52(67)57-43-24-39(53)23-41(33(43)3)49-42-26-44(56-50(42)55-31-54-49)36-7-5-34(6-8-36)27-58-17-19-59(20-18-58)28-35-11-14-60(15-12-35)51(66)37-9-10-47(68-4)45(22-37)62-16-13-40(63)25-48(62)65/h5-10,22-24,26,31-32,35,38,46,64H,11-21,25,27-30H2,1-4H3,(H,57,67)(H,54,55,56). The van der Waals surface area contributed by atoms with Gasteiger partial charge >= 0.3 is 6.03 Å². The number of aromatic nitrogens is 3. The molecule has 5 aromatic rings. The Bertz CT molecular complexity index is 2670. The van der Waals surface area contributed by atoms with Crippen molar-refractivity contribution in [3.8, 4) is 28.3 Å². The number of aliphatic hydroxyl groups is 1. The number of ketones is 1. The van der Waals surface area contributed by atoms with E-state index in [1.807, 2.05) is 17.9 Å². The molecule has 0 radical (unpaired) electrons. The van der Waals surface area contributed by atoms with Crippen molar-refractivity contribution in [2.75, 3.05) is 82.8 Å². The van der Waals surface area contributed by atoms with Gasteiger partial charge in [-0.3, -0.25) is 19.3 Å². The molecule has 15 nitrogen and oxygen atoms in total. The lowest BCUT2D eigenvalue weighted by atomic mass is 9.95. The molecule has 3 aromatic carbocycles. The van der Waals surface area contributed by atoms with Crippen LogP contribution in [0, 0.1) is 30.5 Å². The first-order valence-corrected chi connectivity index (χ1v) is 24.0. The van der Waals surface area contributed by atoms with Crippen molar-refractivity contribution < 1.29 is 33.4 Å². The number of H-pyrrole nitrogens is 1. The van der Waals surface area contributed by atoms with E-state index in [-0.39, 0.29) is 49.1 Å². The van der Waals surface area contributed by atoms with Crippen LogP contribution in [0.4, 0.5) is 20.6 Å². The normalized spacial score (nSPS) is 20.0. The number of piperidine rings is 2. The van der Waals surface area contributed by atoms with Crippen molar-refractivity contribution in [2.24, 2.45) is 17.8 Å². The van der Waals surface area contributed by atoms with Crippen LogP contribution >= 0.6 is 0 Å². The van der Waals surface area contributed by atoms with Crippen molar-refractivity contribution in [3.05, 3.63) is 89.5 Å². The van der Waals surface area contributed by atoms with Crippen LogP contribution in [0.1, 0.15) is 67.4 Å². The highest BCUT2D eigenvalue weighted by molar-refractivity contribution is 6.09. The maximum Gasteiger partial charge on any atom is 0.321 e. The molecule has 0 bridgehead atoms. The molecular weight excluding hydrogens is 866 g/mol. The molecule has 4 saturated heterocycles. The SMILES string of the molecule is COc1ccc(C(=O)N2CCC(CN3CCN(Cc4ccc(-c5cc6c(-c7cc(F)cc(NC(=O)N8CC(O)C(CC(C)C)C8)c7C)ncnc6[nH]5)cc4)CC3)CC2)cc1N1CCC(=O)CC1=O. The Kier molecular flexibility index (Phi) is 13.9. The van der Waals surface area contributed by atoms with Crippen molar-refractivity contribution in [2.45, 2.75) is 65.5 Å². The number of fused-ring (bicyclic) bond motifs is 1. The summed E-state index contributed by atoms with van der Waals surface area (Å²) in [7, 11) is 1.54. The number of aromatic amines is 1. The molecule has 0 aliphatic carbocycles. The number of nitrogens with one attached hydrogen (secondary N) is 2. The summed E-state index contributed by atoms with van der Waals surface area (Å²) in [6.45, 7) is 14.2. The molecule has 3 N–H and O–H groups in total. The zero-order valence-corrected chi connectivity index (χ0v) is 39.5. The lowest BCUT2D eigenvalue weighted by Gasteiger charge is -2.39. The van der Waals surface area contributed by atoms with Gasteiger partial charge in [0.1, 0.15) is 29.3 Å². The number of methoxy groups -OCH3 is 1. The lowest BCUT2D eigenvalue weighted by molar-refractivity contribution is -0.128. The molecule has 0 spiro atoms. The van der Waals surface area contributed by atoms with Crippen molar-refractivity contribution in [1.82, 2.24) is 34.6 Å². The fraction of sp³-hybridized carbons (Fsp3) is 0.462. The molecular formula is C52H62FN9O6. The number of anilines is 2. The second-order valence-electron chi connectivity index (χ2n) is 19.5. The van der Waals surface area contributed by atoms with Crippen molar-refractivity contribution in [1.29, 1.82) is 0 Å². The van der Waals surface area contributed by atoms with E-state index >= 15 is 4.39 Å². The van der Waals surface area contributed by atoms with Crippen LogP contribution in [0.2, 0.25) is 0 Å². The van der Waals surface area contributed by atoms with Gasteiger partial charge in [-0.05, 0) is 91.1 Å². The average Bonchev–Trinajstić information content (AvgIpc) is 3.94. The van der Waals surface area contributed by atoms with E-state index < -0.39 is 11.9 Å². The molecule has 4 aliphatic heterocycles. The summed E-state index contributed by atoms with van der Waals surface area (Å²) in [5.41, 5.74) is 6.90. The number of carbonyl (C=O) groups is 4. The summed E-state index contributed by atoms with van der Waals surface area (Å²) in [6, 6.07) is 18.1. The van der Waals surface area contributed by atoms with Gasteiger partial charge in [0.25, 0.3) is 5.91 Å². The number of nitrogens with zero attached hydrogens (tertiary/aromatic N) is 7. The smallest absolute Gasteiger partial charge is 0.321 e. The number of likely N-dealkylation sites (tertiary alicyclic amines) is 2.